The van der Waals surface area contributed by atoms with E-state index in [4.69, 9.17) is 9.47 Å². The number of fused-ring (bicyclic) bond motifs is 5. The Balaban J connectivity index is 1.52. The van der Waals surface area contributed by atoms with Crippen molar-refractivity contribution < 1.29 is 38.5 Å². The molecule has 0 unspecified atom stereocenters. The fraction of sp³-hybridized carbons (Fsp3) is 0.273. The summed E-state index contributed by atoms with van der Waals surface area (Å²) in [5, 5.41) is 25.1. The minimum atomic E-state index is -1.19. The summed E-state index contributed by atoms with van der Waals surface area (Å²) in [6.45, 7) is 0. The van der Waals surface area contributed by atoms with Crippen molar-refractivity contribution in [2.24, 2.45) is 11.8 Å². The van der Waals surface area contributed by atoms with E-state index in [0.29, 0.717) is 11.1 Å². The van der Waals surface area contributed by atoms with Crippen molar-refractivity contribution in [3.8, 4) is 0 Å². The average Bonchev–Trinajstić information content (AvgIpc) is 3.52. The number of ether oxygens (including phenoxy) is 2. The minimum Gasteiger partial charge on any atom is -0.392 e. The highest BCUT2D eigenvalue weighted by molar-refractivity contribution is 6.02. The zero-order valence-corrected chi connectivity index (χ0v) is 18.0. The van der Waals surface area contributed by atoms with Gasteiger partial charge in [-0.2, -0.15) is 0 Å². The van der Waals surface area contributed by atoms with Gasteiger partial charge >= 0.3 is 23.9 Å². The van der Waals surface area contributed by atoms with E-state index in [0.717, 1.165) is 0 Å². The molecule has 6 atom stereocenters. The highest BCUT2D eigenvalue weighted by Gasteiger charge is 2.73. The topological polar surface area (TPSA) is 180 Å². The van der Waals surface area contributed by atoms with E-state index in [1.807, 2.05) is 0 Å². The molecule has 4 aliphatic heterocycles. The molecule has 6 rings (SSSR count). The Morgan fingerprint density at radius 3 is 1.19 bits per heavy atom. The van der Waals surface area contributed by atoms with E-state index in [1.54, 1.807) is 0 Å². The maximum absolute atomic E-state index is 12.8. The van der Waals surface area contributed by atoms with Gasteiger partial charge in [0.2, 0.25) is 0 Å². The Labute approximate surface area is 200 Å². The first-order valence-corrected chi connectivity index (χ1v) is 10.8. The predicted molar refractivity (Wildman–Crippen MR) is 112 cm³/mol. The quantitative estimate of drug-likeness (QED) is 0.255. The molecule has 0 aliphatic carbocycles. The standard InChI is InChI=1S/C22H14N4O10/c27-19-13-15(9-1-5-11(6-2-9)25(31)32)23-18-14(20(28)36-22(18)30)16(24(23)17(13)21(29)35-19)10-3-7-12(8-4-10)26(33)34/h1-8,13-18H/t13-,14+,15-,16-,17-,18+/m0/s1. The molecule has 2 aromatic carbocycles. The second kappa shape index (κ2) is 7.47. The molecule has 2 aromatic rings. The number of nitro benzene ring substituents is 2. The van der Waals surface area contributed by atoms with Gasteiger partial charge in [0.1, 0.15) is 23.9 Å². The lowest BCUT2D eigenvalue weighted by Crippen LogP contribution is -2.45. The van der Waals surface area contributed by atoms with Crippen LogP contribution in [-0.4, -0.2) is 55.8 Å². The first kappa shape index (κ1) is 21.9. The number of hydrazine groups is 1. The third-order valence-corrected chi connectivity index (χ3v) is 7.09. The van der Waals surface area contributed by atoms with Crippen LogP contribution in [0.5, 0.6) is 0 Å². The van der Waals surface area contributed by atoms with Gasteiger partial charge in [0.25, 0.3) is 11.4 Å². The van der Waals surface area contributed by atoms with Gasteiger partial charge in [0, 0.05) is 24.3 Å². The summed E-state index contributed by atoms with van der Waals surface area (Å²) in [4.78, 5) is 72.3. The second-order valence-corrected chi connectivity index (χ2v) is 8.77. The predicted octanol–water partition coefficient (Wildman–Crippen LogP) is 0.968. The fourth-order valence-electron chi connectivity index (χ4n) is 5.71. The molecule has 4 fully saturated rings. The molecule has 182 valence electrons. The van der Waals surface area contributed by atoms with Crippen LogP contribution in [0.4, 0.5) is 11.4 Å². The molecule has 14 heteroatoms. The Morgan fingerprint density at radius 1 is 0.556 bits per heavy atom. The summed E-state index contributed by atoms with van der Waals surface area (Å²) in [5.41, 5.74) is 0.377. The van der Waals surface area contributed by atoms with Gasteiger partial charge in [0.05, 0.1) is 21.9 Å². The van der Waals surface area contributed by atoms with Crippen LogP contribution in [0.25, 0.3) is 0 Å². The smallest absolute Gasteiger partial charge is 0.333 e. The number of carbonyl (C=O) groups is 4. The Morgan fingerprint density at radius 2 is 0.889 bits per heavy atom. The number of nitrogens with zero attached hydrogens (tertiary/aromatic N) is 4. The molecule has 4 heterocycles. The van der Waals surface area contributed by atoms with Crippen LogP contribution in [-0.2, 0) is 28.7 Å². The first-order chi connectivity index (χ1) is 17.2. The van der Waals surface area contributed by atoms with E-state index in [9.17, 15) is 39.4 Å². The molecule has 36 heavy (non-hydrogen) atoms. The molecule has 0 aromatic heterocycles. The van der Waals surface area contributed by atoms with Crippen molar-refractivity contribution in [3.05, 3.63) is 79.9 Å². The van der Waals surface area contributed by atoms with Crippen LogP contribution >= 0.6 is 0 Å². The molecule has 0 amide bonds. The van der Waals surface area contributed by atoms with Gasteiger partial charge in [-0.1, -0.05) is 24.3 Å². The number of non-ortho nitro benzene ring substituents is 2. The summed E-state index contributed by atoms with van der Waals surface area (Å²) in [6.07, 6.45) is 0. The van der Waals surface area contributed by atoms with Gasteiger partial charge in [-0.05, 0) is 11.1 Å². The van der Waals surface area contributed by atoms with Gasteiger partial charge in [-0.25, -0.2) is 19.6 Å². The molecule has 14 nitrogen and oxygen atoms in total. The molecule has 0 bridgehead atoms. The number of rotatable bonds is 4. The number of hydrogen-bond acceptors (Lipinski definition) is 12. The van der Waals surface area contributed by atoms with E-state index >= 15 is 0 Å². The van der Waals surface area contributed by atoms with Crippen molar-refractivity contribution in [1.29, 1.82) is 0 Å². The molecule has 0 spiro atoms. The molecule has 4 saturated heterocycles. The molecule has 0 saturated carbocycles. The van der Waals surface area contributed by atoms with Crippen LogP contribution in [0.1, 0.15) is 23.2 Å². The number of cyclic esters (lactones) is 4. The number of carbonyl (C=O) groups excluding carboxylic acids is 4. The largest absolute Gasteiger partial charge is 0.392 e. The number of hydrogen-bond donors (Lipinski definition) is 0. The van der Waals surface area contributed by atoms with Gasteiger partial charge in [0.15, 0.2) is 0 Å². The van der Waals surface area contributed by atoms with Crippen molar-refractivity contribution in [1.82, 2.24) is 10.0 Å². The number of benzene rings is 2. The van der Waals surface area contributed by atoms with Crippen molar-refractivity contribution in [2.45, 2.75) is 24.2 Å². The monoisotopic (exact) mass is 494 g/mol. The van der Waals surface area contributed by atoms with Crippen LogP contribution in [0.2, 0.25) is 0 Å². The van der Waals surface area contributed by atoms with Crippen molar-refractivity contribution >= 4 is 35.3 Å². The van der Waals surface area contributed by atoms with Gasteiger partial charge in [-0.3, -0.25) is 29.8 Å². The Bertz CT molecular complexity index is 1270. The van der Waals surface area contributed by atoms with E-state index in [-0.39, 0.29) is 11.4 Å². The van der Waals surface area contributed by atoms with Crippen LogP contribution in [0, 0.1) is 32.1 Å². The molecular formula is C22H14N4O10. The minimum absolute atomic E-state index is 0.200. The number of nitro groups is 2. The average molecular weight is 494 g/mol. The summed E-state index contributed by atoms with van der Waals surface area (Å²) in [5.74, 6) is -5.59. The fourth-order valence-corrected chi connectivity index (χ4v) is 5.71. The van der Waals surface area contributed by atoms with E-state index in [1.165, 1.54) is 58.5 Å². The molecule has 0 radical (unpaired) electrons. The lowest BCUT2D eigenvalue weighted by Gasteiger charge is -2.33. The lowest BCUT2D eigenvalue weighted by molar-refractivity contribution is -0.385. The summed E-state index contributed by atoms with van der Waals surface area (Å²) in [7, 11) is 0. The van der Waals surface area contributed by atoms with Crippen molar-refractivity contribution in [3.63, 3.8) is 0 Å². The third-order valence-electron chi connectivity index (χ3n) is 7.09. The molecule has 4 aliphatic rings. The summed E-state index contributed by atoms with van der Waals surface area (Å²) in [6, 6.07) is 6.25. The maximum atomic E-state index is 12.8. The maximum Gasteiger partial charge on any atom is 0.333 e. The van der Waals surface area contributed by atoms with Crippen LogP contribution in [0.15, 0.2) is 48.5 Å². The van der Waals surface area contributed by atoms with E-state index < -0.39 is 69.7 Å². The first-order valence-electron chi connectivity index (χ1n) is 10.8. The Hall–Kier alpha value is -4.56. The SMILES string of the molecule is O=C1OC(=O)[C@@H]2[C@@H]1[C@H](c1ccc([N+](=O)[O-])cc1)N1[C@H]3C(=O)OC(=O)[C@@H]3[C@H](c3ccc([N+](=O)[O-])cc3)N21. The molecular weight excluding hydrogens is 480 g/mol. The summed E-state index contributed by atoms with van der Waals surface area (Å²) >= 11 is 0. The second-order valence-electron chi connectivity index (χ2n) is 8.77. The van der Waals surface area contributed by atoms with Crippen LogP contribution < -0.4 is 0 Å². The Kier molecular flexibility index (Phi) is 4.55. The van der Waals surface area contributed by atoms with Crippen LogP contribution in [0.3, 0.4) is 0 Å². The molecule has 0 N–H and O–H groups in total. The van der Waals surface area contributed by atoms with Crippen molar-refractivity contribution in [2.75, 3.05) is 0 Å². The zero-order chi connectivity index (χ0) is 25.5. The normalized spacial score (nSPS) is 31.1. The lowest BCUT2D eigenvalue weighted by atomic mass is 9.84. The zero-order valence-electron chi connectivity index (χ0n) is 18.0. The number of esters is 4. The third kappa shape index (κ3) is 2.85. The van der Waals surface area contributed by atoms with E-state index in [2.05, 4.69) is 0 Å². The summed E-state index contributed by atoms with van der Waals surface area (Å²) < 4.78 is 9.83. The highest BCUT2D eigenvalue weighted by Crippen LogP contribution is 2.58. The highest BCUT2D eigenvalue weighted by atomic mass is 16.6. The van der Waals surface area contributed by atoms with Gasteiger partial charge < -0.3 is 9.47 Å². The van der Waals surface area contributed by atoms with Gasteiger partial charge in [-0.15, -0.1) is 0 Å².